The molecule has 2 rings (SSSR count). The van der Waals surface area contributed by atoms with Crippen LogP contribution in [0.1, 0.15) is 12.0 Å². The number of nitrogens with one attached hydrogen (secondary N) is 1. The lowest BCUT2D eigenvalue weighted by Crippen LogP contribution is -2.21. The van der Waals surface area contributed by atoms with Crippen LogP contribution in [0.2, 0.25) is 5.02 Å². The second-order valence-electron chi connectivity index (χ2n) is 5.63. The fraction of sp³-hybridized carbons (Fsp3) is 0.222. The maximum Gasteiger partial charge on any atom is 0.306 e. The van der Waals surface area contributed by atoms with E-state index in [2.05, 4.69) is 5.32 Å². The number of ether oxygens (including phenoxy) is 2. The highest BCUT2D eigenvalue weighted by Crippen LogP contribution is 2.28. The highest BCUT2D eigenvalue weighted by Gasteiger charge is 2.17. The van der Waals surface area contributed by atoms with E-state index >= 15 is 0 Å². The van der Waals surface area contributed by atoms with E-state index in [4.69, 9.17) is 21.1 Å². The van der Waals surface area contributed by atoms with Gasteiger partial charge in [-0.3, -0.25) is 19.7 Å². The molecule has 9 nitrogen and oxygen atoms in total. The van der Waals surface area contributed by atoms with E-state index in [1.54, 1.807) is 12.1 Å². The molecule has 0 aliphatic heterocycles. The van der Waals surface area contributed by atoms with E-state index in [-0.39, 0.29) is 28.6 Å². The van der Waals surface area contributed by atoms with Crippen LogP contribution in [0, 0.1) is 10.1 Å². The summed E-state index contributed by atoms with van der Waals surface area (Å²) in [5.74, 6) is -1.08. The molecular weight excluding hydrogens is 392 g/mol. The summed E-state index contributed by atoms with van der Waals surface area (Å²) < 4.78 is 9.80. The summed E-state index contributed by atoms with van der Waals surface area (Å²) in [6.07, 6.45) is 0.279. The molecule has 0 heterocycles. The first-order chi connectivity index (χ1) is 13.3. The normalized spacial score (nSPS) is 10.2. The predicted molar refractivity (Wildman–Crippen MR) is 101 cm³/mol. The van der Waals surface area contributed by atoms with Gasteiger partial charge in [-0.05, 0) is 36.2 Å². The molecule has 0 unspecified atom stereocenters. The van der Waals surface area contributed by atoms with Gasteiger partial charge in [0.1, 0.15) is 5.69 Å². The van der Waals surface area contributed by atoms with Crippen molar-refractivity contribution in [3.05, 3.63) is 57.1 Å². The number of aryl methyl sites for hydroxylation is 1. The number of anilines is 1. The number of hydrogen-bond acceptors (Lipinski definition) is 7. The Morgan fingerprint density at radius 3 is 2.64 bits per heavy atom. The number of hydrogen-bond donors (Lipinski definition) is 2. The minimum atomic E-state index is -0.721. The van der Waals surface area contributed by atoms with Gasteiger partial charge in [0.05, 0.1) is 12.0 Å². The topological polar surface area (TPSA) is 128 Å². The second kappa shape index (κ2) is 9.56. The monoisotopic (exact) mass is 408 g/mol. The van der Waals surface area contributed by atoms with Crippen molar-refractivity contribution in [1.29, 1.82) is 0 Å². The molecule has 0 aliphatic rings. The SMILES string of the molecule is COc1ccc(CCC(=O)OCC(=O)Nc2ccc(Cl)cc2[N+](=O)[O-])cc1O. The van der Waals surface area contributed by atoms with Crippen molar-refractivity contribution < 1.29 is 29.1 Å². The Hall–Kier alpha value is -3.33. The van der Waals surface area contributed by atoms with Gasteiger partial charge in [-0.2, -0.15) is 0 Å². The van der Waals surface area contributed by atoms with E-state index in [1.165, 1.54) is 25.3 Å². The third-order valence-corrected chi connectivity index (χ3v) is 3.89. The quantitative estimate of drug-likeness (QED) is 0.390. The zero-order valence-corrected chi connectivity index (χ0v) is 15.6. The van der Waals surface area contributed by atoms with Crippen LogP contribution in [0.25, 0.3) is 0 Å². The number of methoxy groups -OCH3 is 1. The Morgan fingerprint density at radius 2 is 2.00 bits per heavy atom. The standard InChI is InChI=1S/C18H17ClN2O7/c1-27-16-6-2-11(8-15(16)22)3-7-18(24)28-10-17(23)20-13-5-4-12(19)9-14(13)21(25)26/h2,4-6,8-9,22H,3,7,10H2,1H3,(H,20,23). The number of phenols is 1. The molecule has 0 radical (unpaired) electrons. The van der Waals surface area contributed by atoms with Crippen LogP contribution in [0.3, 0.4) is 0 Å². The molecule has 0 saturated heterocycles. The van der Waals surface area contributed by atoms with Crippen LogP contribution >= 0.6 is 11.6 Å². The summed E-state index contributed by atoms with van der Waals surface area (Å²) in [5, 5.41) is 23.1. The number of rotatable bonds is 8. The molecular formula is C18H17ClN2O7. The average Bonchev–Trinajstić information content (AvgIpc) is 2.66. The molecule has 2 aromatic carbocycles. The van der Waals surface area contributed by atoms with Crippen LogP contribution in [0.5, 0.6) is 11.5 Å². The van der Waals surface area contributed by atoms with Crippen LogP contribution in [-0.2, 0) is 20.7 Å². The molecule has 0 fully saturated rings. The van der Waals surface area contributed by atoms with Gasteiger partial charge in [0, 0.05) is 17.5 Å². The lowest BCUT2D eigenvalue weighted by Gasteiger charge is -2.08. The highest BCUT2D eigenvalue weighted by atomic mass is 35.5. The Balaban J connectivity index is 1.83. The number of esters is 1. The van der Waals surface area contributed by atoms with Gasteiger partial charge in [-0.15, -0.1) is 0 Å². The van der Waals surface area contributed by atoms with E-state index in [0.29, 0.717) is 17.7 Å². The smallest absolute Gasteiger partial charge is 0.306 e. The number of carbonyl (C=O) groups is 2. The van der Waals surface area contributed by atoms with E-state index in [9.17, 15) is 24.8 Å². The summed E-state index contributed by atoms with van der Waals surface area (Å²) in [5.41, 5.74) is 0.270. The summed E-state index contributed by atoms with van der Waals surface area (Å²) >= 11 is 5.70. The number of nitrogens with zero attached hydrogens (tertiary/aromatic N) is 1. The largest absolute Gasteiger partial charge is 0.504 e. The van der Waals surface area contributed by atoms with Gasteiger partial charge in [0.15, 0.2) is 18.1 Å². The summed E-state index contributed by atoms with van der Waals surface area (Å²) in [6.45, 7) is -0.591. The zero-order chi connectivity index (χ0) is 20.7. The molecule has 0 saturated carbocycles. The van der Waals surface area contributed by atoms with Crippen molar-refractivity contribution in [1.82, 2.24) is 0 Å². The Labute approximate surface area is 165 Å². The number of nitro groups is 1. The molecule has 28 heavy (non-hydrogen) atoms. The molecule has 10 heteroatoms. The third-order valence-electron chi connectivity index (χ3n) is 3.66. The second-order valence-corrected chi connectivity index (χ2v) is 6.07. The van der Waals surface area contributed by atoms with Crippen LogP contribution in [0.4, 0.5) is 11.4 Å². The zero-order valence-electron chi connectivity index (χ0n) is 14.8. The third kappa shape index (κ3) is 5.85. The number of carbonyl (C=O) groups excluding carboxylic acids is 2. The lowest BCUT2D eigenvalue weighted by molar-refractivity contribution is -0.383. The molecule has 0 atom stereocenters. The fourth-order valence-corrected chi connectivity index (χ4v) is 2.47. The molecule has 148 valence electrons. The number of halogens is 1. The van der Waals surface area contributed by atoms with Crippen molar-refractivity contribution in [3.63, 3.8) is 0 Å². The molecule has 0 aromatic heterocycles. The highest BCUT2D eigenvalue weighted by molar-refractivity contribution is 6.31. The summed E-state index contributed by atoms with van der Waals surface area (Å²) in [4.78, 5) is 34.0. The number of phenolic OH excluding ortho intramolecular Hbond substituents is 1. The predicted octanol–water partition coefficient (Wildman–Crippen LogP) is 3.08. The molecule has 0 spiro atoms. The maximum absolute atomic E-state index is 11.9. The van der Waals surface area contributed by atoms with Gasteiger partial charge in [0.2, 0.25) is 0 Å². The first-order valence-corrected chi connectivity index (χ1v) is 8.43. The van der Waals surface area contributed by atoms with Crippen LogP contribution in [0.15, 0.2) is 36.4 Å². The maximum atomic E-state index is 11.9. The Morgan fingerprint density at radius 1 is 1.25 bits per heavy atom. The van der Waals surface area contributed by atoms with E-state index in [1.807, 2.05) is 0 Å². The lowest BCUT2D eigenvalue weighted by atomic mass is 10.1. The van der Waals surface area contributed by atoms with Crippen molar-refractivity contribution in [2.45, 2.75) is 12.8 Å². The Kier molecular flexibility index (Phi) is 7.16. The van der Waals surface area contributed by atoms with Crippen molar-refractivity contribution in [3.8, 4) is 11.5 Å². The molecule has 1 amide bonds. The van der Waals surface area contributed by atoms with Gasteiger partial charge in [-0.25, -0.2) is 0 Å². The number of amides is 1. The van der Waals surface area contributed by atoms with E-state index in [0.717, 1.165) is 6.07 Å². The average molecular weight is 409 g/mol. The minimum absolute atomic E-state index is 0.0137. The molecule has 2 aromatic rings. The first-order valence-electron chi connectivity index (χ1n) is 8.05. The van der Waals surface area contributed by atoms with E-state index < -0.39 is 23.4 Å². The summed E-state index contributed by atoms with van der Waals surface area (Å²) in [6, 6.07) is 8.52. The summed E-state index contributed by atoms with van der Waals surface area (Å²) in [7, 11) is 1.43. The van der Waals surface area contributed by atoms with Gasteiger partial charge >= 0.3 is 5.97 Å². The number of aromatic hydroxyl groups is 1. The van der Waals surface area contributed by atoms with Crippen molar-refractivity contribution in [2.24, 2.45) is 0 Å². The first kappa shape index (κ1) is 21.0. The molecule has 2 N–H and O–H groups in total. The number of benzene rings is 2. The number of nitro benzene ring substituents is 1. The van der Waals surface area contributed by atoms with Gasteiger partial charge in [0.25, 0.3) is 11.6 Å². The van der Waals surface area contributed by atoms with Crippen molar-refractivity contribution in [2.75, 3.05) is 19.0 Å². The van der Waals surface area contributed by atoms with Gasteiger partial charge in [-0.1, -0.05) is 17.7 Å². The fourth-order valence-electron chi connectivity index (χ4n) is 2.30. The molecule has 0 aliphatic carbocycles. The minimum Gasteiger partial charge on any atom is -0.504 e. The van der Waals surface area contributed by atoms with Gasteiger partial charge < -0.3 is 19.9 Å². The van der Waals surface area contributed by atoms with Crippen molar-refractivity contribution >= 4 is 34.9 Å². The van der Waals surface area contributed by atoms with Crippen LogP contribution < -0.4 is 10.1 Å². The molecule has 0 bridgehead atoms. The van der Waals surface area contributed by atoms with Crippen LogP contribution in [-0.4, -0.2) is 35.6 Å². The Bertz CT molecular complexity index is 901.